The Bertz CT molecular complexity index is 971. The average Bonchev–Trinajstić information content (AvgIpc) is 3.14. The molecule has 0 saturated carbocycles. The van der Waals surface area contributed by atoms with Crippen molar-refractivity contribution in [2.75, 3.05) is 28.6 Å². The van der Waals surface area contributed by atoms with Crippen LogP contribution in [0.4, 0.5) is 21.9 Å². The van der Waals surface area contributed by atoms with Crippen LogP contribution in [-0.2, 0) is 4.79 Å². The van der Waals surface area contributed by atoms with Gasteiger partial charge in [-0.1, -0.05) is 19.4 Å². The van der Waals surface area contributed by atoms with Gasteiger partial charge < -0.3 is 16.0 Å². The Hall–Kier alpha value is -3.35. The van der Waals surface area contributed by atoms with Gasteiger partial charge in [0.15, 0.2) is 0 Å². The van der Waals surface area contributed by atoms with Gasteiger partial charge in [0.25, 0.3) is 5.91 Å². The van der Waals surface area contributed by atoms with Crippen molar-refractivity contribution in [1.29, 1.82) is 0 Å². The molecule has 0 spiro atoms. The maximum Gasteiger partial charge on any atom is 0.322 e. The molecule has 3 rings (SSSR count). The van der Waals surface area contributed by atoms with Gasteiger partial charge in [-0.2, -0.15) is 0 Å². The molecule has 0 aromatic heterocycles. The number of carbonyl (C=O) groups is 3. The predicted octanol–water partition coefficient (Wildman–Crippen LogP) is 4.21. The van der Waals surface area contributed by atoms with E-state index in [-0.39, 0.29) is 17.8 Å². The first-order chi connectivity index (χ1) is 14.4. The predicted molar refractivity (Wildman–Crippen MR) is 119 cm³/mol. The van der Waals surface area contributed by atoms with E-state index in [1.54, 1.807) is 29.2 Å². The quantitative estimate of drug-likeness (QED) is 0.641. The molecule has 158 valence electrons. The Labute approximate surface area is 176 Å². The molecule has 1 aliphatic heterocycles. The smallest absolute Gasteiger partial charge is 0.322 e. The van der Waals surface area contributed by atoms with Gasteiger partial charge in [-0.3, -0.25) is 14.5 Å². The number of anilines is 3. The van der Waals surface area contributed by atoms with Gasteiger partial charge >= 0.3 is 6.03 Å². The van der Waals surface area contributed by atoms with Gasteiger partial charge in [0, 0.05) is 42.1 Å². The molecule has 7 heteroatoms. The second-order valence-electron chi connectivity index (χ2n) is 7.52. The summed E-state index contributed by atoms with van der Waals surface area (Å²) in [6.45, 7) is 7.03. The third-order valence-electron chi connectivity index (χ3n) is 5.13. The Balaban J connectivity index is 1.71. The molecule has 4 amide bonds. The minimum Gasteiger partial charge on any atom is -0.336 e. The molecule has 0 aliphatic carbocycles. The van der Waals surface area contributed by atoms with Crippen molar-refractivity contribution in [1.82, 2.24) is 5.32 Å². The average molecular weight is 409 g/mol. The summed E-state index contributed by atoms with van der Waals surface area (Å²) in [5.41, 5.74) is 4.40. The zero-order valence-electron chi connectivity index (χ0n) is 17.7. The number of nitrogens with zero attached hydrogens (tertiary/aromatic N) is 1. The van der Waals surface area contributed by atoms with Gasteiger partial charge in [-0.15, -0.1) is 0 Å². The molecule has 7 nitrogen and oxygen atoms in total. The maximum atomic E-state index is 12.8. The molecule has 1 aliphatic rings. The van der Waals surface area contributed by atoms with Crippen molar-refractivity contribution in [2.45, 2.75) is 40.0 Å². The van der Waals surface area contributed by atoms with Crippen LogP contribution >= 0.6 is 0 Å². The lowest BCUT2D eigenvalue weighted by molar-refractivity contribution is -0.116. The number of benzene rings is 2. The fourth-order valence-electron chi connectivity index (χ4n) is 3.38. The van der Waals surface area contributed by atoms with Crippen LogP contribution in [-0.4, -0.2) is 30.9 Å². The zero-order chi connectivity index (χ0) is 21.7. The van der Waals surface area contributed by atoms with Crippen LogP contribution in [0.25, 0.3) is 0 Å². The summed E-state index contributed by atoms with van der Waals surface area (Å²) < 4.78 is 0. The summed E-state index contributed by atoms with van der Waals surface area (Å²) in [5, 5.41) is 8.58. The van der Waals surface area contributed by atoms with E-state index in [9.17, 15) is 14.4 Å². The first-order valence-electron chi connectivity index (χ1n) is 10.3. The van der Waals surface area contributed by atoms with Crippen molar-refractivity contribution in [3.8, 4) is 0 Å². The molecular formula is C23H28N4O3. The molecule has 0 radical (unpaired) electrons. The lowest BCUT2D eigenvalue weighted by Gasteiger charge is -2.18. The highest BCUT2D eigenvalue weighted by Gasteiger charge is 2.23. The second-order valence-corrected chi connectivity index (χ2v) is 7.52. The lowest BCUT2D eigenvalue weighted by atomic mass is 10.1. The summed E-state index contributed by atoms with van der Waals surface area (Å²) in [7, 11) is 0. The maximum absolute atomic E-state index is 12.8. The SMILES string of the molecule is CCCCC(=O)Nc1ccc(NC(=O)c2ccc(C)c(N3CCNC3=O)c2)cc1C. The molecule has 0 unspecified atom stereocenters. The number of unbranched alkanes of at least 4 members (excludes halogenated alkanes) is 1. The second kappa shape index (κ2) is 9.43. The molecule has 1 heterocycles. The van der Waals surface area contributed by atoms with Gasteiger partial charge in [-0.05, 0) is 61.7 Å². The number of hydrogen-bond donors (Lipinski definition) is 3. The van der Waals surface area contributed by atoms with Crippen molar-refractivity contribution < 1.29 is 14.4 Å². The van der Waals surface area contributed by atoms with E-state index in [4.69, 9.17) is 0 Å². The van der Waals surface area contributed by atoms with Crippen LogP contribution in [0.1, 0.15) is 47.7 Å². The summed E-state index contributed by atoms with van der Waals surface area (Å²) >= 11 is 0. The van der Waals surface area contributed by atoms with Crippen molar-refractivity contribution in [3.05, 3.63) is 53.1 Å². The number of urea groups is 1. The summed E-state index contributed by atoms with van der Waals surface area (Å²) in [6.07, 6.45) is 2.33. The highest BCUT2D eigenvalue weighted by atomic mass is 16.2. The van der Waals surface area contributed by atoms with E-state index in [0.717, 1.165) is 35.3 Å². The zero-order valence-corrected chi connectivity index (χ0v) is 17.7. The standard InChI is InChI=1S/C23H28N4O3/c1-4-5-6-21(28)26-19-10-9-18(13-16(19)3)25-22(29)17-8-7-15(2)20(14-17)27-12-11-24-23(27)30/h7-10,13-14H,4-6,11-12H2,1-3H3,(H,24,30)(H,25,29)(H,26,28). The number of nitrogens with one attached hydrogen (secondary N) is 3. The van der Waals surface area contributed by atoms with E-state index in [1.165, 1.54) is 0 Å². The van der Waals surface area contributed by atoms with E-state index in [1.807, 2.05) is 32.9 Å². The molecule has 2 aromatic rings. The minimum absolute atomic E-state index is 0.00475. The van der Waals surface area contributed by atoms with Crippen LogP contribution < -0.4 is 20.9 Å². The van der Waals surface area contributed by atoms with E-state index < -0.39 is 0 Å². The molecule has 1 saturated heterocycles. The van der Waals surface area contributed by atoms with Gasteiger partial charge in [0.1, 0.15) is 0 Å². The summed E-state index contributed by atoms with van der Waals surface area (Å²) in [4.78, 5) is 38.3. The van der Waals surface area contributed by atoms with Crippen molar-refractivity contribution in [2.24, 2.45) is 0 Å². The van der Waals surface area contributed by atoms with Crippen LogP contribution in [0.3, 0.4) is 0 Å². The lowest BCUT2D eigenvalue weighted by Crippen LogP contribution is -2.28. The Morgan fingerprint density at radius 1 is 1.07 bits per heavy atom. The first-order valence-corrected chi connectivity index (χ1v) is 10.3. The number of rotatable bonds is 7. The number of amides is 4. The third kappa shape index (κ3) is 4.97. The van der Waals surface area contributed by atoms with E-state index >= 15 is 0 Å². The van der Waals surface area contributed by atoms with Crippen LogP contribution in [0, 0.1) is 13.8 Å². The highest BCUT2D eigenvalue weighted by Crippen LogP contribution is 2.25. The minimum atomic E-state index is -0.255. The third-order valence-corrected chi connectivity index (χ3v) is 5.13. The number of carbonyl (C=O) groups excluding carboxylic acids is 3. The molecule has 0 atom stereocenters. The van der Waals surface area contributed by atoms with Crippen molar-refractivity contribution in [3.63, 3.8) is 0 Å². The molecule has 0 bridgehead atoms. The fourth-order valence-corrected chi connectivity index (χ4v) is 3.38. The van der Waals surface area contributed by atoms with Gasteiger partial charge in [-0.25, -0.2) is 4.79 Å². The first kappa shape index (κ1) is 21.4. The molecule has 2 aromatic carbocycles. The molecular weight excluding hydrogens is 380 g/mol. The monoisotopic (exact) mass is 408 g/mol. The summed E-state index contributed by atoms with van der Waals surface area (Å²) in [6, 6.07) is 10.6. The van der Waals surface area contributed by atoms with Gasteiger partial charge in [0.2, 0.25) is 5.91 Å². The Morgan fingerprint density at radius 3 is 2.53 bits per heavy atom. The molecule has 3 N–H and O–H groups in total. The van der Waals surface area contributed by atoms with E-state index in [0.29, 0.717) is 30.8 Å². The largest absolute Gasteiger partial charge is 0.336 e. The van der Waals surface area contributed by atoms with Crippen LogP contribution in [0.2, 0.25) is 0 Å². The summed E-state index contributed by atoms with van der Waals surface area (Å²) in [5.74, 6) is -0.259. The van der Waals surface area contributed by atoms with E-state index in [2.05, 4.69) is 16.0 Å². The van der Waals surface area contributed by atoms with Crippen LogP contribution in [0.15, 0.2) is 36.4 Å². The van der Waals surface area contributed by atoms with Crippen molar-refractivity contribution >= 4 is 34.9 Å². The molecule has 30 heavy (non-hydrogen) atoms. The number of hydrogen-bond acceptors (Lipinski definition) is 3. The number of aryl methyl sites for hydroxylation is 2. The topological polar surface area (TPSA) is 90.5 Å². The van der Waals surface area contributed by atoms with Crippen LogP contribution in [0.5, 0.6) is 0 Å². The highest BCUT2D eigenvalue weighted by molar-refractivity contribution is 6.06. The Kier molecular flexibility index (Phi) is 6.72. The Morgan fingerprint density at radius 2 is 1.87 bits per heavy atom. The molecule has 1 fully saturated rings. The fraction of sp³-hybridized carbons (Fsp3) is 0.348. The normalized spacial score (nSPS) is 13.2. The van der Waals surface area contributed by atoms with Gasteiger partial charge in [0.05, 0.1) is 0 Å².